The smallest absolute Gasteiger partial charge is 0.270 e. The molecule has 0 saturated carbocycles. The molecule has 1 aromatic heterocycles. The average molecular weight is 392 g/mol. The lowest BCUT2D eigenvalue weighted by atomic mass is 10.1. The van der Waals surface area contributed by atoms with E-state index >= 15 is 0 Å². The largest absolute Gasteiger partial charge is 0.497 e. The van der Waals surface area contributed by atoms with Crippen molar-refractivity contribution in [2.75, 3.05) is 18.2 Å². The van der Waals surface area contributed by atoms with Crippen molar-refractivity contribution in [3.05, 3.63) is 77.2 Å². The number of pyridine rings is 1. The van der Waals surface area contributed by atoms with Crippen molar-refractivity contribution >= 4 is 23.1 Å². The van der Waals surface area contributed by atoms with Gasteiger partial charge in [-0.25, -0.2) is 9.37 Å². The summed E-state index contributed by atoms with van der Waals surface area (Å²) in [7, 11) is 1.46. The van der Waals surface area contributed by atoms with E-state index < -0.39 is 5.82 Å². The van der Waals surface area contributed by atoms with Crippen LogP contribution in [0.3, 0.4) is 0 Å². The second-order valence-corrected chi connectivity index (χ2v) is 7.02. The van der Waals surface area contributed by atoms with Crippen LogP contribution in [0.5, 0.6) is 5.75 Å². The summed E-state index contributed by atoms with van der Waals surface area (Å²) in [6.07, 6.45) is 1.58. The fraction of sp³-hybridized carbons (Fsp3) is 0.182. The summed E-state index contributed by atoms with van der Waals surface area (Å²) in [4.78, 5) is 17.1. The molecule has 6 nitrogen and oxygen atoms in total. The van der Waals surface area contributed by atoms with Gasteiger partial charge in [0, 0.05) is 35.6 Å². The molecule has 29 heavy (non-hydrogen) atoms. The lowest BCUT2D eigenvalue weighted by Crippen LogP contribution is -2.35. The normalized spacial score (nSPS) is 13.0. The van der Waals surface area contributed by atoms with Gasteiger partial charge < -0.3 is 21.1 Å². The van der Waals surface area contributed by atoms with Gasteiger partial charge in [0.05, 0.1) is 7.11 Å². The summed E-state index contributed by atoms with van der Waals surface area (Å²) >= 11 is 0. The number of methoxy groups -OCH3 is 1. The minimum Gasteiger partial charge on any atom is -0.497 e. The number of nitrogens with one attached hydrogen (secondary N) is 2. The van der Waals surface area contributed by atoms with E-state index in [-0.39, 0.29) is 17.6 Å². The van der Waals surface area contributed by atoms with Crippen LogP contribution < -0.4 is 21.1 Å². The third-order valence-electron chi connectivity index (χ3n) is 4.85. The van der Waals surface area contributed by atoms with Crippen molar-refractivity contribution in [1.29, 1.82) is 0 Å². The average Bonchev–Trinajstić information content (AvgIpc) is 3.09. The molecule has 0 radical (unpaired) electrons. The van der Waals surface area contributed by atoms with Gasteiger partial charge in [-0.05, 0) is 36.1 Å². The van der Waals surface area contributed by atoms with E-state index in [1.807, 2.05) is 12.1 Å². The Kier molecular flexibility index (Phi) is 5.03. The Balaban J connectivity index is 1.50. The van der Waals surface area contributed by atoms with E-state index in [2.05, 4.69) is 27.8 Å². The topological polar surface area (TPSA) is 89.3 Å². The number of carbonyl (C=O) groups excluding carboxylic acids is 1. The first-order valence-corrected chi connectivity index (χ1v) is 9.27. The Hall–Kier alpha value is -3.61. The van der Waals surface area contributed by atoms with E-state index in [4.69, 9.17) is 10.5 Å². The lowest BCUT2D eigenvalue weighted by Gasteiger charge is -2.13. The Morgan fingerprint density at radius 1 is 1.14 bits per heavy atom. The second-order valence-electron chi connectivity index (χ2n) is 7.02. The molecule has 4 N–H and O–H groups in total. The van der Waals surface area contributed by atoms with E-state index in [0.717, 1.165) is 12.8 Å². The van der Waals surface area contributed by atoms with Crippen molar-refractivity contribution in [1.82, 2.24) is 10.3 Å². The maximum absolute atomic E-state index is 13.7. The number of hydrogen-bond donors (Lipinski definition) is 3. The lowest BCUT2D eigenvalue weighted by molar-refractivity contribution is 0.0933. The molecular formula is C22H21FN4O2. The predicted octanol–water partition coefficient (Wildman–Crippen LogP) is 3.45. The number of hydrogen-bond acceptors (Lipinski definition) is 5. The Bertz CT molecular complexity index is 1050. The van der Waals surface area contributed by atoms with Gasteiger partial charge in [-0.2, -0.15) is 0 Å². The molecule has 4 rings (SSSR count). The number of benzene rings is 2. The standard InChI is InChI=1S/C22H21FN4O2/c1-29-19-9-15(23)8-18(12-19)25-21-11-16(24)10-20(27-21)22(28)26-17-6-13-4-2-3-5-14(13)7-17/h2-5,8-12,17H,6-7H2,1H3,(H,26,28)(H3,24,25,27). The highest BCUT2D eigenvalue weighted by atomic mass is 19.1. The van der Waals surface area contributed by atoms with Crippen LogP contribution in [0, 0.1) is 5.82 Å². The highest BCUT2D eigenvalue weighted by Gasteiger charge is 2.23. The monoisotopic (exact) mass is 392 g/mol. The van der Waals surface area contributed by atoms with Crippen LogP contribution in [0.1, 0.15) is 21.6 Å². The molecule has 2 aromatic carbocycles. The van der Waals surface area contributed by atoms with Crippen LogP contribution in [0.4, 0.5) is 21.6 Å². The first kappa shape index (κ1) is 18.7. The zero-order valence-corrected chi connectivity index (χ0v) is 15.9. The summed E-state index contributed by atoms with van der Waals surface area (Å²) in [5, 5.41) is 6.00. The van der Waals surface area contributed by atoms with Crippen LogP contribution >= 0.6 is 0 Å². The summed E-state index contributed by atoms with van der Waals surface area (Å²) in [6, 6.07) is 15.5. The molecule has 0 spiro atoms. The highest BCUT2D eigenvalue weighted by Crippen LogP contribution is 2.25. The molecule has 1 aliphatic carbocycles. The van der Waals surface area contributed by atoms with Crippen molar-refractivity contribution in [3.63, 3.8) is 0 Å². The summed E-state index contributed by atoms with van der Waals surface area (Å²) in [5.74, 6) is -0.0304. The Labute approximate surface area is 167 Å². The van der Waals surface area contributed by atoms with Crippen LogP contribution in [0.25, 0.3) is 0 Å². The third-order valence-corrected chi connectivity index (χ3v) is 4.85. The van der Waals surface area contributed by atoms with Crippen molar-refractivity contribution in [2.24, 2.45) is 0 Å². The molecule has 0 saturated heterocycles. The van der Waals surface area contributed by atoms with E-state index in [1.54, 1.807) is 12.1 Å². The molecular weight excluding hydrogens is 371 g/mol. The number of fused-ring (bicyclic) bond motifs is 1. The number of nitrogen functional groups attached to an aromatic ring is 1. The van der Waals surface area contributed by atoms with E-state index in [9.17, 15) is 9.18 Å². The molecule has 0 unspecified atom stereocenters. The number of ether oxygens (including phenoxy) is 1. The fourth-order valence-corrected chi connectivity index (χ4v) is 3.55. The van der Waals surface area contributed by atoms with Crippen LogP contribution in [0.2, 0.25) is 0 Å². The van der Waals surface area contributed by atoms with Gasteiger partial charge in [0.25, 0.3) is 5.91 Å². The van der Waals surface area contributed by atoms with E-state index in [1.165, 1.54) is 36.4 Å². The van der Waals surface area contributed by atoms with Gasteiger partial charge in [-0.15, -0.1) is 0 Å². The zero-order valence-electron chi connectivity index (χ0n) is 15.9. The van der Waals surface area contributed by atoms with Gasteiger partial charge in [-0.3, -0.25) is 4.79 Å². The molecule has 148 valence electrons. The van der Waals surface area contributed by atoms with Crippen molar-refractivity contribution in [3.8, 4) is 5.75 Å². The molecule has 7 heteroatoms. The molecule has 0 bridgehead atoms. The van der Waals surface area contributed by atoms with Gasteiger partial charge in [0.2, 0.25) is 0 Å². The third kappa shape index (κ3) is 4.29. The van der Waals surface area contributed by atoms with Gasteiger partial charge in [-0.1, -0.05) is 24.3 Å². The summed E-state index contributed by atoms with van der Waals surface area (Å²) in [6.45, 7) is 0. The Morgan fingerprint density at radius 3 is 2.55 bits per heavy atom. The maximum atomic E-state index is 13.7. The second kappa shape index (κ2) is 7.79. The number of aromatic nitrogens is 1. The minimum absolute atomic E-state index is 0.0204. The minimum atomic E-state index is -0.450. The van der Waals surface area contributed by atoms with Crippen molar-refractivity contribution < 1.29 is 13.9 Å². The van der Waals surface area contributed by atoms with Gasteiger partial charge in [0.15, 0.2) is 0 Å². The quantitative estimate of drug-likeness (QED) is 0.619. The molecule has 3 aromatic rings. The fourth-order valence-electron chi connectivity index (χ4n) is 3.55. The van der Waals surface area contributed by atoms with Gasteiger partial charge >= 0.3 is 0 Å². The molecule has 0 atom stereocenters. The van der Waals surface area contributed by atoms with Gasteiger partial charge in [0.1, 0.15) is 23.1 Å². The zero-order chi connectivity index (χ0) is 20.4. The molecule has 1 heterocycles. The number of anilines is 3. The number of rotatable bonds is 5. The van der Waals surface area contributed by atoms with E-state index in [0.29, 0.717) is 22.9 Å². The van der Waals surface area contributed by atoms with Crippen LogP contribution in [-0.4, -0.2) is 24.0 Å². The van der Waals surface area contributed by atoms with Crippen LogP contribution in [-0.2, 0) is 12.8 Å². The highest BCUT2D eigenvalue weighted by molar-refractivity contribution is 5.94. The molecule has 1 aliphatic rings. The first-order valence-electron chi connectivity index (χ1n) is 9.27. The maximum Gasteiger partial charge on any atom is 0.270 e. The summed E-state index contributed by atoms with van der Waals surface area (Å²) < 4.78 is 18.8. The molecule has 0 fully saturated rings. The number of amides is 1. The van der Waals surface area contributed by atoms with Crippen molar-refractivity contribution in [2.45, 2.75) is 18.9 Å². The molecule has 0 aliphatic heterocycles. The Morgan fingerprint density at radius 2 is 1.86 bits per heavy atom. The number of halogens is 1. The number of nitrogens with two attached hydrogens (primary N) is 1. The molecule has 1 amide bonds. The number of carbonyl (C=O) groups is 1. The summed E-state index contributed by atoms with van der Waals surface area (Å²) in [5.41, 5.74) is 9.48. The van der Waals surface area contributed by atoms with Crippen LogP contribution in [0.15, 0.2) is 54.6 Å². The number of nitrogens with zero attached hydrogens (tertiary/aromatic N) is 1. The SMILES string of the molecule is COc1cc(F)cc(Nc2cc(N)cc(C(=O)NC3Cc4ccccc4C3)n2)c1. The predicted molar refractivity (Wildman–Crippen MR) is 110 cm³/mol. The first-order chi connectivity index (χ1) is 14.0.